The van der Waals surface area contributed by atoms with Crippen LogP contribution in [0.5, 0.6) is 0 Å². The summed E-state index contributed by atoms with van der Waals surface area (Å²) in [5, 5.41) is 10.6. The summed E-state index contributed by atoms with van der Waals surface area (Å²) in [6.07, 6.45) is 50.0. The molecule has 0 fully saturated rings. The van der Waals surface area contributed by atoms with Gasteiger partial charge in [0.15, 0.2) is 12.2 Å². The van der Waals surface area contributed by atoms with E-state index in [0.717, 1.165) is 114 Å². The molecule has 95 heavy (non-hydrogen) atoms. The van der Waals surface area contributed by atoms with Crippen LogP contribution in [0.1, 0.15) is 383 Å². The summed E-state index contributed by atoms with van der Waals surface area (Å²) in [6.45, 7) is 14.2. The van der Waals surface area contributed by atoms with Crippen LogP contribution in [0.15, 0.2) is 0 Å². The zero-order chi connectivity index (χ0) is 70.3. The van der Waals surface area contributed by atoms with Crippen LogP contribution in [0.2, 0.25) is 0 Å². The van der Waals surface area contributed by atoms with E-state index in [1.165, 1.54) is 180 Å². The molecule has 0 aromatic carbocycles. The second kappa shape index (κ2) is 65.4. The lowest BCUT2D eigenvalue weighted by Crippen LogP contribution is -2.30. The number of unbranched alkanes of at least 4 members (excludes halogenated alkanes) is 38. The number of aliphatic hydroxyl groups is 1. The molecule has 0 aromatic rings. The Kier molecular flexibility index (Phi) is 64.0. The molecule has 3 N–H and O–H groups in total. The van der Waals surface area contributed by atoms with E-state index in [-0.39, 0.29) is 25.7 Å². The van der Waals surface area contributed by atoms with Gasteiger partial charge >= 0.3 is 39.5 Å². The summed E-state index contributed by atoms with van der Waals surface area (Å²) in [7, 11) is -9.91. The third-order valence-electron chi connectivity index (χ3n) is 17.9. The molecule has 0 amide bonds. The van der Waals surface area contributed by atoms with E-state index in [9.17, 15) is 43.2 Å². The van der Waals surface area contributed by atoms with Gasteiger partial charge in [0.05, 0.1) is 26.4 Å². The van der Waals surface area contributed by atoms with Crippen molar-refractivity contribution in [3.8, 4) is 0 Å². The standard InChI is InChI=1S/C76H148O17P2/c1-9-69(8)55-47-39-31-25-26-34-43-51-59-76(81)93-71(62-86-73(78)56-48-40-32-23-19-14-12-10-11-13-17-21-28-36-44-52-66(2)3)64-90-94(82,83)88-60-70(77)61-89-95(84,85)91-65-72(63-87-74(79)57-49-41-35-27-30-38-46-54-68(6)7)92-75(80)58-50-42-33-24-20-16-15-18-22-29-37-45-53-67(4)5/h66-72,77H,9-65H2,1-8H3,(H,82,83)(H,84,85)/t69?,70?,71-,72-/m1/s1. The molecule has 0 spiro atoms. The molecule has 0 aromatic heterocycles. The summed E-state index contributed by atoms with van der Waals surface area (Å²) < 4.78 is 68.5. The van der Waals surface area contributed by atoms with Gasteiger partial charge in [0.25, 0.3) is 0 Å². The van der Waals surface area contributed by atoms with Crippen molar-refractivity contribution < 1.29 is 80.2 Å². The van der Waals surface area contributed by atoms with Crippen molar-refractivity contribution in [1.29, 1.82) is 0 Å². The van der Waals surface area contributed by atoms with Gasteiger partial charge in [0.2, 0.25) is 0 Å². The van der Waals surface area contributed by atoms with Gasteiger partial charge in [0.1, 0.15) is 19.3 Å². The SMILES string of the molecule is CCC(C)CCCCCCCCCCC(=O)O[C@H](COC(=O)CCCCCCCCCCCCCCCCCC(C)C)COP(=O)(O)OCC(O)COP(=O)(O)OC[C@@H](COC(=O)CCCCCCCCCC(C)C)OC(=O)CCCCCCCCCCCCCCC(C)C. The van der Waals surface area contributed by atoms with E-state index >= 15 is 0 Å². The Balaban J connectivity index is 5.22. The van der Waals surface area contributed by atoms with E-state index in [4.69, 9.17) is 37.0 Å². The summed E-state index contributed by atoms with van der Waals surface area (Å²) in [5.41, 5.74) is 0. The van der Waals surface area contributed by atoms with Gasteiger partial charge in [-0.05, 0) is 49.4 Å². The first-order valence-electron chi connectivity index (χ1n) is 39.2. The summed E-state index contributed by atoms with van der Waals surface area (Å²) in [6, 6.07) is 0. The first-order chi connectivity index (χ1) is 45.6. The van der Waals surface area contributed by atoms with Crippen molar-refractivity contribution in [3.63, 3.8) is 0 Å². The third kappa shape index (κ3) is 69.0. The molecule has 17 nitrogen and oxygen atoms in total. The highest BCUT2D eigenvalue weighted by Crippen LogP contribution is 2.45. The number of phosphoric ester groups is 2. The number of rotatable bonds is 73. The fourth-order valence-corrected chi connectivity index (χ4v) is 13.1. The summed E-state index contributed by atoms with van der Waals surface area (Å²) in [4.78, 5) is 72.8. The molecule has 19 heteroatoms. The lowest BCUT2D eigenvalue weighted by molar-refractivity contribution is -0.161. The fraction of sp³-hybridized carbons (Fsp3) is 0.947. The first-order valence-corrected chi connectivity index (χ1v) is 42.2. The van der Waals surface area contributed by atoms with Crippen molar-refractivity contribution >= 4 is 39.5 Å². The maximum Gasteiger partial charge on any atom is 0.472 e. The first kappa shape index (κ1) is 93.1. The van der Waals surface area contributed by atoms with Gasteiger partial charge < -0.3 is 33.8 Å². The van der Waals surface area contributed by atoms with E-state index in [1.807, 2.05) is 0 Å². The lowest BCUT2D eigenvalue weighted by atomic mass is 9.99. The average molecular weight is 1400 g/mol. The van der Waals surface area contributed by atoms with Crippen molar-refractivity contribution in [1.82, 2.24) is 0 Å². The van der Waals surface area contributed by atoms with Crippen LogP contribution < -0.4 is 0 Å². The molecular formula is C76H148O17P2. The van der Waals surface area contributed by atoms with Gasteiger partial charge in [-0.3, -0.25) is 37.3 Å². The topological polar surface area (TPSA) is 237 Å². The van der Waals surface area contributed by atoms with Crippen LogP contribution >= 0.6 is 15.6 Å². The molecule has 0 aliphatic heterocycles. The maximum absolute atomic E-state index is 13.1. The molecule has 4 unspecified atom stereocenters. The molecule has 0 aliphatic rings. The highest BCUT2D eigenvalue weighted by molar-refractivity contribution is 7.47. The number of carbonyl (C=O) groups is 4. The maximum atomic E-state index is 13.1. The second-order valence-corrected chi connectivity index (χ2v) is 32.0. The summed E-state index contributed by atoms with van der Waals surface area (Å²) in [5.74, 6) is 0.935. The quantitative estimate of drug-likeness (QED) is 0.0222. The lowest BCUT2D eigenvalue weighted by Gasteiger charge is -2.21. The Bertz CT molecular complexity index is 1870. The van der Waals surface area contributed by atoms with Crippen LogP contribution in [0, 0.1) is 23.7 Å². The van der Waals surface area contributed by atoms with Crippen LogP contribution in [-0.2, 0) is 65.4 Å². The molecule has 0 bridgehead atoms. The molecule has 0 radical (unpaired) electrons. The number of hydrogen-bond acceptors (Lipinski definition) is 15. The minimum atomic E-state index is -4.96. The Hall–Kier alpha value is -1.94. The highest BCUT2D eigenvalue weighted by Gasteiger charge is 2.30. The largest absolute Gasteiger partial charge is 0.472 e. The predicted octanol–water partition coefficient (Wildman–Crippen LogP) is 22.0. The average Bonchev–Trinajstić information content (AvgIpc) is 1.49. The van der Waals surface area contributed by atoms with E-state index < -0.39 is 97.5 Å². The number of ether oxygens (including phenoxy) is 4. The zero-order valence-electron chi connectivity index (χ0n) is 62.3. The monoisotopic (exact) mass is 1400 g/mol. The molecule has 0 rings (SSSR count). The molecule has 0 saturated carbocycles. The van der Waals surface area contributed by atoms with E-state index in [2.05, 4.69) is 55.4 Å². The van der Waals surface area contributed by atoms with Gasteiger partial charge in [-0.15, -0.1) is 0 Å². The van der Waals surface area contributed by atoms with Gasteiger partial charge in [-0.25, -0.2) is 9.13 Å². The highest BCUT2D eigenvalue weighted by atomic mass is 31.2. The Morgan fingerprint density at radius 1 is 0.295 bits per heavy atom. The predicted molar refractivity (Wildman–Crippen MR) is 386 cm³/mol. The normalized spacial score (nSPS) is 14.4. The third-order valence-corrected chi connectivity index (χ3v) is 19.8. The number of phosphoric acid groups is 2. The van der Waals surface area contributed by atoms with Crippen LogP contribution in [0.4, 0.5) is 0 Å². The minimum absolute atomic E-state index is 0.105. The van der Waals surface area contributed by atoms with E-state index in [1.54, 1.807) is 0 Å². The van der Waals surface area contributed by atoms with Crippen molar-refractivity contribution in [2.24, 2.45) is 23.7 Å². The number of aliphatic hydroxyl groups excluding tert-OH is 1. The molecular weight excluding hydrogens is 1250 g/mol. The zero-order valence-corrected chi connectivity index (χ0v) is 64.1. The van der Waals surface area contributed by atoms with Gasteiger partial charge in [0, 0.05) is 25.7 Å². The molecule has 6 atom stereocenters. The Morgan fingerprint density at radius 3 is 0.747 bits per heavy atom. The molecule has 0 saturated heterocycles. The van der Waals surface area contributed by atoms with Crippen LogP contribution in [0.25, 0.3) is 0 Å². The van der Waals surface area contributed by atoms with Gasteiger partial charge in [-0.1, -0.05) is 331 Å². The van der Waals surface area contributed by atoms with Crippen molar-refractivity contribution in [3.05, 3.63) is 0 Å². The fourth-order valence-electron chi connectivity index (χ4n) is 11.5. The number of carbonyl (C=O) groups excluding carboxylic acids is 4. The molecule has 0 heterocycles. The van der Waals surface area contributed by atoms with Gasteiger partial charge in [-0.2, -0.15) is 0 Å². The van der Waals surface area contributed by atoms with Crippen molar-refractivity contribution in [2.45, 2.75) is 401 Å². The second-order valence-electron chi connectivity index (χ2n) is 29.1. The minimum Gasteiger partial charge on any atom is -0.462 e. The Morgan fingerprint density at radius 2 is 0.505 bits per heavy atom. The summed E-state index contributed by atoms with van der Waals surface area (Å²) >= 11 is 0. The molecule has 0 aliphatic carbocycles. The van der Waals surface area contributed by atoms with E-state index in [0.29, 0.717) is 31.6 Å². The van der Waals surface area contributed by atoms with Crippen LogP contribution in [0.3, 0.4) is 0 Å². The molecule has 564 valence electrons. The number of hydrogen-bond donors (Lipinski definition) is 3. The number of esters is 4. The smallest absolute Gasteiger partial charge is 0.462 e. The van der Waals surface area contributed by atoms with Crippen LogP contribution in [-0.4, -0.2) is 96.7 Å². The Labute approximate surface area is 581 Å². The van der Waals surface area contributed by atoms with Crippen molar-refractivity contribution in [2.75, 3.05) is 39.6 Å².